The van der Waals surface area contributed by atoms with Gasteiger partial charge in [0.05, 0.1) is 24.1 Å². The van der Waals surface area contributed by atoms with Crippen molar-refractivity contribution >= 4 is 29.3 Å². The Hall–Kier alpha value is -3.18. The molecule has 1 saturated heterocycles. The number of amides is 4. The van der Waals surface area contributed by atoms with Crippen molar-refractivity contribution in [1.29, 1.82) is 0 Å². The Morgan fingerprint density at radius 1 is 0.922 bits per heavy atom. The molecule has 0 unspecified atom stereocenters. The summed E-state index contributed by atoms with van der Waals surface area (Å²) in [4.78, 5) is 60.4. The molecule has 0 bridgehead atoms. The molecule has 1 aromatic rings. The lowest BCUT2D eigenvalue weighted by atomic mass is 9.84. The first-order valence-electron chi connectivity index (χ1n) is 19.1. The zero-order valence-electron chi connectivity index (χ0n) is 33.9. The number of likely N-dealkylation sites (tertiary alicyclic amines) is 1. The number of carbonyl (C=O) groups excluding carboxylic acids is 4. The Balaban J connectivity index is 2.15. The van der Waals surface area contributed by atoms with Crippen LogP contribution in [0, 0.1) is 29.6 Å². The number of hydrogen-bond donors (Lipinski definition) is 3. The fourth-order valence-electron chi connectivity index (χ4n) is 7.95. The number of carbonyl (C=O) groups is 4. The molecule has 1 heterocycles. The van der Waals surface area contributed by atoms with Crippen molar-refractivity contribution in [2.45, 2.75) is 118 Å². The molecule has 0 radical (unpaired) electrons. The van der Waals surface area contributed by atoms with Crippen LogP contribution in [0.4, 0.5) is 5.69 Å². The van der Waals surface area contributed by atoms with Gasteiger partial charge < -0.3 is 30.5 Å². The minimum absolute atomic E-state index is 0.0123. The van der Waals surface area contributed by atoms with Gasteiger partial charge in [-0.3, -0.25) is 24.1 Å². The SMILES string of the molecule is CC[C@H](C)[C@@H]([C@H](C)CC(=O)N1CCC[C@H]1[C@H](OC)[C@@H](C)C(=O)NCCc1ccc(NC)cc1)N(C)C(=O)[C@@H](NC(=O)[C@H](C(C)C)N(C)C)C(C)C. The van der Waals surface area contributed by atoms with Crippen LogP contribution in [0.15, 0.2) is 24.3 Å². The van der Waals surface area contributed by atoms with Gasteiger partial charge in [0, 0.05) is 52.4 Å². The van der Waals surface area contributed by atoms with E-state index in [4.69, 9.17) is 4.74 Å². The molecule has 0 aromatic heterocycles. The van der Waals surface area contributed by atoms with Crippen molar-refractivity contribution in [2.24, 2.45) is 29.6 Å². The molecule has 290 valence electrons. The number of likely N-dealkylation sites (N-methyl/N-ethyl adjacent to an activating group) is 2. The van der Waals surface area contributed by atoms with Crippen LogP contribution in [-0.4, -0.2) is 117 Å². The summed E-state index contributed by atoms with van der Waals surface area (Å²) in [7, 11) is 9.07. The molecule has 0 saturated carbocycles. The topological polar surface area (TPSA) is 123 Å². The van der Waals surface area contributed by atoms with E-state index in [1.807, 2.05) is 91.7 Å². The maximum atomic E-state index is 14.1. The van der Waals surface area contributed by atoms with Crippen molar-refractivity contribution in [3.8, 4) is 0 Å². The lowest BCUT2D eigenvalue weighted by Crippen LogP contribution is -2.58. The monoisotopic (exact) mass is 715 g/mol. The van der Waals surface area contributed by atoms with E-state index in [0.29, 0.717) is 13.1 Å². The highest BCUT2D eigenvalue weighted by atomic mass is 16.5. The Bertz CT molecular complexity index is 1250. The van der Waals surface area contributed by atoms with E-state index in [1.54, 1.807) is 12.0 Å². The molecule has 0 spiro atoms. The molecule has 8 atom stereocenters. The molecule has 51 heavy (non-hydrogen) atoms. The number of rotatable bonds is 20. The summed E-state index contributed by atoms with van der Waals surface area (Å²) >= 11 is 0. The molecule has 3 N–H and O–H groups in total. The van der Waals surface area contributed by atoms with E-state index >= 15 is 0 Å². The zero-order valence-corrected chi connectivity index (χ0v) is 33.9. The quantitative estimate of drug-likeness (QED) is 0.180. The minimum Gasteiger partial charge on any atom is -0.388 e. The first-order chi connectivity index (χ1) is 24.0. The molecule has 11 heteroatoms. The van der Waals surface area contributed by atoms with Crippen LogP contribution < -0.4 is 16.0 Å². The highest BCUT2D eigenvalue weighted by Gasteiger charge is 2.42. The van der Waals surface area contributed by atoms with Gasteiger partial charge in [0.25, 0.3) is 0 Å². The second kappa shape index (κ2) is 20.8. The number of nitrogens with one attached hydrogen (secondary N) is 3. The average molecular weight is 715 g/mol. The number of benzene rings is 1. The smallest absolute Gasteiger partial charge is 0.245 e. The summed E-state index contributed by atoms with van der Waals surface area (Å²) < 4.78 is 5.94. The Morgan fingerprint density at radius 2 is 1.55 bits per heavy atom. The molecular weight excluding hydrogens is 644 g/mol. The summed E-state index contributed by atoms with van der Waals surface area (Å²) in [5, 5.41) is 9.26. The Kier molecular flexibility index (Phi) is 17.9. The van der Waals surface area contributed by atoms with E-state index in [2.05, 4.69) is 41.9 Å². The third-order valence-corrected chi connectivity index (χ3v) is 10.9. The van der Waals surface area contributed by atoms with Crippen molar-refractivity contribution < 1.29 is 23.9 Å². The van der Waals surface area contributed by atoms with Gasteiger partial charge in [-0.1, -0.05) is 73.9 Å². The molecule has 11 nitrogen and oxygen atoms in total. The predicted octanol–water partition coefficient (Wildman–Crippen LogP) is 4.66. The highest BCUT2D eigenvalue weighted by Crippen LogP contribution is 2.30. The van der Waals surface area contributed by atoms with Crippen LogP contribution in [0.5, 0.6) is 0 Å². The van der Waals surface area contributed by atoms with Crippen LogP contribution in [0.1, 0.15) is 86.6 Å². The maximum absolute atomic E-state index is 14.1. The normalized spacial score (nSPS) is 18.9. The van der Waals surface area contributed by atoms with E-state index in [0.717, 1.165) is 36.9 Å². The summed E-state index contributed by atoms with van der Waals surface area (Å²) in [6.45, 7) is 17.2. The van der Waals surface area contributed by atoms with E-state index in [-0.39, 0.29) is 71.8 Å². The van der Waals surface area contributed by atoms with Gasteiger partial charge in [0.15, 0.2) is 0 Å². The third-order valence-electron chi connectivity index (χ3n) is 10.9. The first kappa shape index (κ1) is 44.0. The van der Waals surface area contributed by atoms with Gasteiger partial charge in [-0.2, -0.15) is 0 Å². The number of methoxy groups -OCH3 is 1. The van der Waals surface area contributed by atoms with Crippen molar-refractivity contribution in [3.63, 3.8) is 0 Å². The highest BCUT2D eigenvalue weighted by molar-refractivity contribution is 5.90. The van der Waals surface area contributed by atoms with E-state index < -0.39 is 18.1 Å². The van der Waals surface area contributed by atoms with Crippen LogP contribution in [-0.2, 0) is 30.3 Å². The molecule has 0 aliphatic carbocycles. The zero-order chi connectivity index (χ0) is 38.6. The first-order valence-corrected chi connectivity index (χ1v) is 19.1. The minimum atomic E-state index is -0.685. The molecule has 1 aliphatic heterocycles. The van der Waals surface area contributed by atoms with Gasteiger partial charge in [-0.15, -0.1) is 0 Å². The molecule has 1 aromatic carbocycles. The number of nitrogens with zero attached hydrogens (tertiary/aromatic N) is 3. The lowest BCUT2D eigenvalue weighted by Gasteiger charge is -2.40. The average Bonchev–Trinajstić information content (AvgIpc) is 3.56. The van der Waals surface area contributed by atoms with Crippen LogP contribution in [0.2, 0.25) is 0 Å². The van der Waals surface area contributed by atoms with E-state index in [9.17, 15) is 19.2 Å². The van der Waals surface area contributed by atoms with Crippen LogP contribution in [0.3, 0.4) is 0 Å². The van der Waals surface area contributed by atoms with Gasteiger partial charge in [-0.25, -0.2) is 0 Å². The summed E-state index contributed by atoms with van der Waals surface area (Å²) in [5.74, 6) is -0.869. The maximum Gasteiger partial charge on any atom is 0.245 e. The van der Waals surface area contributed by atoms with Crippen LogP contribution in [0.25, 0.3) is 0 Å². The van der Waals surface area contributed by atoms with Gasteiger partial charge in [-0.05, 0) is 74.7 Å². The number of ether oxygens (including phenoxy) is 1. The summed E-state index contributed by atoms with van der Waals surface area (Å²) in [6, 6.07) is 6.68. The third kappa shape index (κ3) is 11.9. The van der Waals surface area contributed by atoms with Crippen LogP contribution >= 0.6 is 0 Å². The number of hydrogen-bond acceptors (Lipinski definition) is 7. The molecule has 4 amide bonds. The van der Waals surface area contributed by atoms with Gasteiger partial charge in [0.2, 0.25) is 23.6 Å². The van der Waals surface area contributed by atoms with Gasteiger partial charge in [0.1, 0.15) is 6.04 Å². The molecule has 1 aliphatic rings. The molecule has 1 fully saturated rings. The fraction of sp³-hybridized carbons (Fsp3) is 0.750. The lowest BCUT2D eigenvalue weighted by molar-refractivity contribution is -0.144. The second-order valence-electron chi connectivity index (χ2n) is 15.7. The van der Waals surface area contributed by atoms with Crippen molar-refractivity contribution in [2.75, 3.05) is 53.7 Å². The molecule has 2 rings (SSSR count). The van der Waals surface area contributed by atoms with Crippen molar-refractivity contribution in [1.82, 2.24) is 25.3 Å². The Morgan fingerprint density at radius 3 is 2.06 bits per heavy atom. The number of anilines is 1. The Labute approximate surface area is 309 Å². The van der Waals surface area contributed by atoms with Crippen molar-refractivity contribution in [3.05, 3.63) is 29.8 Å². The van der Waals surface area contributed by atoms with E-state index in [1.165, 1.54) is 0 Å². The molecular formula is C40H70N6O5. The fourth-order valence-corrected chi connectivity index (χ4v) is 7.95. The second-order valence-corrected chi connectivity index (χ2v) is 15.7. The standard InChI is InChI=1S/C40H70N6O5/c1-14-27(6)36(45(12)40(50)34(25(2)3)43-39(49)35(26(4)5)44(10)11)28(7)24-33(47)46-23-15-16-32(46)37(51-13)29(8)38(48)42-22-21-30-17-19-31(41-9)20-18-30/h17-20,25-29,32,34-37,41H,14-16,21-24H2,1-13H3,(H,42,48)(H,43,49)/t27-,28+,29+,32-,34-,35-,36-,37+/m0/s1. The van der Waals surface area contributed by atoms with Gasteiger partial charge >= 0.3 is 0 Å². The summed E-state index contributed by atoms with van der Waals surface area (Å²) in [5.41, 5.74) is 2.18. The largest absolute Gasteiger partial charge is 0.388 e. The summed E-state index contributed by atoms with van der Waals surface area (Å²) in [6.07, 6.45) is 2.99. The predicted molar refractivity (Wildman–Crippen MR) is 206 cm³/mol.